The molecule has 1 unspecified atom stereocenters. The van der Waals surface area contributed by atoms with E-state index >= 15 is 0 Å². The molecule has 106 valence electrons. The topological polar surface area (TPSA) is 116 Å². The largest absolute Gasteiger partial charge is 0.351 e. The molecular formula is C13H17N5O2. The summed E-state index contributed by atoms with van der Waals surface area (Å²) >= 11 is 0. The molecule has 20 heavy (non-hydrogen) atoms. The zero-order valence-corrected chi connectivity index (χ0v) is 11.2. The molecular weight excluding hydrogens is 258 g/mol. The van der Waals surface area contributed by atoms with Crippen LogP contribution in [-0.2, 0) is 11.2 Å². The van der Waals surface area contributed by atoms with Gasteiger partial charge in [0.05, 0.1) is 11.0 Å². The lowest BCUT2D eigenvalue weighted by Crippen LogP contribution is -2.39. The quantitative estimate of drug-likeness (QED) is 0.743. The highest BCUT2D eigenvalue weighted by molar-refractivity contribution is 5.96. The lowest BCUT2D eigenvalue weighted by molar-refractivity contribution is -0.122. The van der Waals surface area contributed by atoms with Crippen molar-refractivity contribution < 1.29 is 9.59 Å². The van der Waals surface area contributed by atoms with Gasteiger partial charge < -0.3 is 16.0 Å². The minimum Gasteiger partial charge on any atom is -0.351 e. The molecule has 7 heteroatoms. The molecule has 0 saturated carbocycles. The molecule has 5 N–H and O–H groups in total. The SMILES string of the molecule is CC(C(=O)NC(N)=O)n1c(CCN)nc2ccccc21. The standard InChI is InChI=1S/C13H17N5O2/c1-8(12(19)17-13(15)20)18-10-5-3-2-4-9(10)16-11(18)6-7-14/h2-5,8H,6-7,14H2,1H3,(H3,15,17,19,20). The summed E-state index contributed by atoms with van der Waals surface area (Å²) in [6, 6.07) is 6.01. The average Bonchev–Trinajstić information content (AvgIpc) is 2.75. The van der Waals surface area contributed by atoms with Gasteiger partial charge in [0, 0.05) is 6.42 Å². The fourth-order valence-corrected chi connectivity index (χ4v) is 2.18. The highest BCUT2D eigenvalue weighted by Crippen LogP contribution is 2.21. The fourth-order valence-electron chi connectivity index (χ4n) is 2.18. The number of rotatable bonds is 4. The lowest BCUT2D eigenvalue weighted by atomic mass is 10.2. The number of imide groups is 1. The van der Waals surface area contributed by atoms with Gasteiger partial charge in [0.1, 0.15) is 11.9 Å². The number of primary amides is 1. The maximum Gasteiger partial charge on any atom is 0.318 e. The second kappa shape index (κ2) is 5.70. The molecule has 1 aromatic heterocycles. The number of fused-ring (bicyclic) bond motifs is 1. The van der Waals surface area contributed by atoms with Gasteiger partial charge in [-0.1, -0.05) is 12.1 Å². The van der Waals surface area contributed by atoms with Crippen LogP contribution in [0.15, 0.2) is 24.3 Å². The van der Waals surface area contributed by atoms with Gasteiger partial charge >= 0.3 is 6.03 Å². The third kappa shape index (κ3) is 2.62. The number of nitrogens with one attached hydrogen (secondary N) is 1. The van der Waals surface area contributed by atoms with Gasteiger partial charge in [0.15, 0.2) is 0 Å². The Labute approximate surface area is 115 Å². The monoisotopic (exact) mass is 275 g/mol. The van der Waals surface area contributed by atoms with Crippen molar-refractivity contribution in [1.82, 2.24) is 14.9 Å². The lowest BCUT2D eigenvalue weighted by Gasteiger charge is -2.16. The number of para-hydroxylation sites is 2. The summed E-state index contributed by atoms with van der Waals surface area (Å²) in [7, 11) is 0. The maximum absolute atomic E-state index is 12.0. The first-order valence-electron chi connectivity index (χ1n) is 6.30. The number of carbonyl (C=O) groups is 2. The van der Waals surface area contributed by atoms with E-state index in [2.05, 4.69) is 10.3 Å². The van der Waals surface area contributed by atoms with Crippen LogP contribution in [0, 0.1) is 0 Å². The third-order valence-corrected chi connectivity index (χ3v) is 3.05. The molecule has 0 spiro atoms. The van der Waals surface area contributed by atoms with E-state index in [1.165, 1.54) is 0 Å². The second-order valence-electron chi connectivity index (χ2n) is 4.45. The summed E-state index contributed by atoms with van der Waals surface area (Å²) in [5.41, 5.74) is 12.2. The summed E-state index contributed by atoms with van der Waals surface area (Å²) in [6.45, 7) is 2.11. The Morgan fingerprint density at radius 2 is 2.10 bits per heavy atom. The van der Waals surface area contributed by atoms with E-state index in [0.717, 1.165) is 11.0 Å². The van der Waals surface area contributed by atoms with Gasteiger partial charge in [-0.3, -0.25) is 10.1 Å². The fraction of sp³-hybridized carbons (Fsp3) is 0.308. The predicted molar refractivity (Wildman–Crippen MR) is 74.9 cm³/mol. The minimum atomic E-state index is -0.869. The molecule has 7 nitrogen and oxygen atoms in total. The smallest absolute Gasteiger partial charge is 0.318 e. The van der Waals surface area contributed by atoms with E-state index in [0.29, 0.717) is 18.8 Å². The molecule has 3 amide bonds. The van der Waals surface area contributed by atoms with Crippen molar-refractivity contribution in [3.05, 3.63) is 30.1 Å². The summed E-state index contributed by atoms with van der Waals surface area (Å²) < 4.78 is 1.78. The molecule has 1 heterocycles. The zero-order chi connectivity index (χ0) is 14.7. The molecule has 2 rings (SSSR count). The number of hydrogen-bond acceptors (Lipinski definition) is 4. The predicted octanol–water partition coefficient (Wildman–Crippen LogP) is 0.293. The van der Waals surface area contributed by atoms with Crippen molar-refractivity contribution in [2.75, 3.05) is 6.54 Å². The Bertz CT molecular complexity index is 649. The van der Waals surface area contributed by atoms with E-state index in [9.17, 15) is 9.59 Å². The Morgan fingerprint density at radius 3 is 2.75 bits per heavy atom. The molecule has 0 bridgehead atoms. The molecule has 0 saturated heterocycles. The van der Waals surface area contributed by atoms with Gasteiger partial charge in [-0.15, -0.1) is 0 Å². The van der Waals surface area contributed by atoms with Crippen molar-refractivity contribution in [3.63, 3.8) is 0 Å². The summed E-state index contributed by atoms with van der Waals surface area (Å²) in [5, 5.41) is 2.08. The molecule has 0 radical (unpaired) electrons. The van der Waals surface area contributed by atoms with Crippen molar-refractivity contribution in [1.29, 1.82) is 0 Å². The van der Waals surface area contributed by atoms with Gasteiger partial charge in [0.2, 0.25) is 0 Å². The first-order chi connectivity index (χ1) is 9.54. The molecule has 1 atom stereocenters. The van der Waals surface area contributed by atoms with Gasteiger partial charge in [-0.25, -0.2) is 9.78 Å². The van der Waals surface area contributed by atoms with E-state index in [1.807, 2.05) is 24.3 Å². The first-order valence-corrected chi connectivity index (χ1v) is 6.30. The number of imidazole rings is 1. The van der Waals surface area contributed by atoms with Crippen LogP contribution < -0.4 is 16.8 Å². The molecule has 0 aliphatic heterocycles. The number of urea groups is 1. The minimum absolute atomic E-state index is 0.424. The van der Waals surface area contributed by atoms with Crippen LogP contribution in [-0.4, -0.2) is 28.0 Å². The Hall–Kier alpha value is -2.41. The highest BCUT2D eigenvalue weighted by Gasteiger charge is 2.21. The van der Waals surface area contributed by atoms with E-state index in [4.69, 9.17) is 11.5 Å². The van der Waals surface area contributed by atoms with Crippen molar-refractivity contribution >= 4 is 23.0 Å². The molecule has 1 aromatic carbocycles. The van der Waals surface area contributed by atoms with Crippen molar-refractivity contribution in [2.45, 2.75) is 19.4 Å². The number of nitrogens with zero attached hydrogens (tertiary/aromatic N) is 2. The Balaban J connectivity index is 2.47. The van der Waals surface area contributed by atoms with E-state index in [-0.39, 0.29) is 0 Å². The number of hydrogen-bond donors (Lipinski definition) is 3. The maximum atomic E-state index is 12.0. The molecule has 0 aliphatic rings. The van der Waals surface area contributed by atoms with Gasteiger partial charge in [0.25, 0.3) is 5.91 Å². The van der Waals surface area contributed by atoms with E-state index in [1.54, 1.807) is 11.5 Å². The van der Waals surface area contributed by atoms with Gasteiger partial charge in [-0.2, -0.15) is 0 Å². The van der Waals surface area contributed by atoms with Crippen molar-refractivity contribution in [3.8, 4) is 0 Å². The van der Waals surface area contributed by atoms with Crippen molar-refractivity contribution in [2.24, 2.45) is 11.5 Å². The van der Waals surface area contributed by atoms with Crippen LogP contribution in [0.3, 0.4) is 0 Å². The number of carbonyl (C=O) groups excluding carboxylic acids is 2. The van der Waals surface area contributed by atoms with Crippen LogP contribution in [0.4, 0.5) is 4.79 Å². The molecule has 0 fully saturated rings. The van der Waals surface area contributed by atoms with Gasteiger partial charge in [-0.05, 0) is 25.6 Å². The van der Waals surface area contributed by atoms with Crippen LogP contribution in [0.1, 0.15) is 18.8 Å². The number of nitrogens with two attached hydrogens (primary N) is 2. The normalized spacial score (nSPS) is 12.3. The van der Waals surface area contributed by atoms with Crippen LogP contribution in [0.2, 0.25) is 0 Å². The number of benzene rings is 1. The number of aromatic nitrogens is 2. The summed E-state index contributed by atoms with van der Waals surface area (Å²) in [6.07, 6.45) is 0.545. The average molecular weight is 275 g/mol. The zero-order valence-electron chi connectivity index (χ0n) is 11.2. The Kier molecular flexibility index (Phi) is 3.99. The molecule has 0 aliphatic carbocycles. The molecule has 2 aromatic rings. The van der Waals surface area contributed by atoms with Crippen LogP contribution in [0.25, 0.3) is 11.0 Å². The summed E-state index contributed by atoms with van der Waals surface area (Å²) in [5.74, 6) is 0.236. The first kappa shape index (κ1) is 14.0. The Morgan fingerprint density at radius 1 is 1.40 bits per heavy atom. The van der Waals surface area contributed by atoms with E-state index < -0.39 is 18.0 Å². The third-order valence-electron chi connectivity index (χ3n) is 3.05. The highest BCUT2D eigenvalue weighted by atomic mass is 16.2. The van der Waals surface area contributed by atoms with Crippen LogP contribution in [0.5, 0.6) is 0 Å². The second-order valence-corrected chi connectivity index (χ2v) is 4.45. The number of amides is 3. The van der Waals surface area contributed by atoms with Crippen LogP contribution >= 0.6 is 0 Å². The summed E-state index contributed by atoms with van der Waals surface area (Å²) in [4.78, 5) is 27.2.